The zero-order chi connectivity index (χ0) is 28.1. The summed E-state index contributed by atoms with van der Waals surface area (Å²) in [6.45, 7) is 18.6. The molecule has 0 aromatic rings. The van der Waals surface area contributed by atoms with E-state index < -0.39 is 5.60 Å². The van der Waals surface area contributed by atoms with E-state index in [1.54, 1.807) is 6.08 Å². The predicted molar refractivity (Wildman–Crippen MR) is 162 cm³/mol. The number of hydrogen-bond acceptors (Lipinski definition) is 2. The molecule has 1 N–H and O–H groups in total. The van der Waals surface area contributed by atoms with Crippen molar-refractivity contribution in [1.29, 1.82) is 0 Å². The van der Waals surface area contributed by atoms with E-state index in [0.29, 0.717) is 0 Å². The molecule has 2 nitrogen and oxygen atoms in total. The number of allylic oxidation sites excluding steroid dienone is 17. The van der Waals surface area contributed by atoms with Crippen molar-refractivity contribution in [3.8, 4) is 0 Å². The second kappa shape index (κ2) is 15.5. The largest absolute Gasteiger partial charge is 0.390 e. The summed E-state index contributed by atoms with van der Waals surface area (Å²) in [5, 5.41) is 10.9. The molecule has 0 saturated heterocycles. The van der Waals surface area contributed by atoms with Gasteiger partial charge in [-0.05, 0) is 59.0 Å². The van der Waals surface area contributed by atoms with Crippen LogP contribution in [0.3, 0.4) is 0 Å². The molecule has 1 rings (SSSR count). The van der Waals surface area contributed by atoms with Crippen LogP contribution in [0, 0.1) is 17.3 Å². The molecule has 1 fully saturated rings. The van der Waals surface area contributed by atoms with Gasteiger partial charge in [0.15, 0.2) is 5.78 Å². The molecule has 2 atom stereocenters. The van der Waals surface area contributed by atoms with E-state index in [9.17, 15) is 9.90 Å². The molecule has 202 valence electrons. The van der Waals surface area contributed by atoms with Crippen molar-refractivity contribution in [2.45, 2.75) is 87.2 Å². The molecule has 0 aromatic carbocycles. The number of aliphatic hydroxyl groups is 1. The number of carbonyl (C=O) groups is 1. The highest BCUT2D eigenvalue weighted by Gasteiger charge is 2.43. The van der Waals surface area contributed by atoms with E-state index >= 15 is 0 Å². The standard InChI is InChI=1S/C35H50O2/c1-27(2)32(36)23-21-30(5)19-12-17-28(3)15-10-11-16-29(4)18-13-20-31(6)22-24-33-34(7,8)25-14-26-35(33,9)37/h10-13,15-24,27,33,37H,14,25-26H2,1-9H3/b11-10+,17-12+,18-13+,23-21+,24-22+,28-15+,29-16+,30-19+,31-20+. The zero-order valence-corrected chi connectivity index (χ0v) is 24.7. The van der Waals surface area contributed by atoms with Gasteiger partial charge in [-0.3, -0.25) is 4.79 Å². The Morgan fingerprint density at radius 2 is 1.16 bits per heavy atom. The third kappa shape index (κ3) is 12.9. The lowest BCUT2D eigenvalue weighted by Gasteiger charge is -2.46. The first kappa shape index (κ1) is 32.3. The predicted octanol–water partition coefficient (Wildman–Crippen LogP) is 9.35. The van der Waals surface area contributed by atoms with Crippen molar-refractivity contribution in [2.75, 3.05) is 0 Å². The Bertz CT molecular complexity index is 1010. The van der Waals surface area contributed by atoms with Gasteiger partial charge in [0.25, 0.3) is 0 Å². The summed E-state index contributed by atoms with van der Waals surface area (Å²) in [6.07, 6.45) is 31.6. The monoisotopic (exact) mass is 502 g/mol. The second-order valence-electron chi connectivity index (χ2n) is 11.7. The lowest BCUT2D eigenvalue weighted by molar-refractivity contribution is -0.117. The zero-order valence-electron chi connectivity index (χ0n) is 24.7. The van der Waals surface area contributed by atoms with Crippen LogP contribution in [0.25, 0.3) is 0 Å². The molecule has 1 saturated carbocycles. The first-order chi connectivity index (χ1) is 17.2. The molecule has 0 aliphatic heterocycles. The van der Waals surface area contributed by atoms with Gasteiger partial charge >= 0.3 is 0 Å². The second-order valence-corrected chi connectivity index (χ2v) is 11.7. The topological polar surface area (TPSA) is 37.3 Å². The van der Waals surface area contributed by atoms with Gasteiger partial charge in [0.2, 0.25) is 0 Å². The van der Waals surface area contributed by atoms with Crippen LogP contribution in [0.15, 0.2) is 107 Å². The molecule has 0 bridgehead atoms. The summed E-state index contributed by atoms with van der Waals surface area (Å²) >= 11 is 0. The van der Waals surface area contributed by atoms with Gasteiger partial charge in [0.05, 0.1) is 5.60 Å². The SMILES string of the molecule is CC(/C=C/C=C(C)/C=C/C(=O)C(C)C)=C\C=C\C=C(C)\C=C\C=C(C)\C=C\C1C(C)(C)CCCC1(C)O. The van der Waals surface area contributed by atoms with Crippen molar-refractivity contribution < 1.29 is 9.90 Å². The summed E-state index contributed by atoms with van der Waals surface area (Å²) < 4.78 is 0. The Morgan fingerprint density at radius 3 is 1.65 bits per heavy atom. The molecule has 2 unspecified atom stereocenters. The minimum Gasteiger partial charge on any atom is -0.390 e. The first-order valence-corrected chi connectivity index (χ1v) is 13.6. The normalized spacial score (nSPS) is 24.7. The number of ketones is 1. The van der Waals surface area contributed by atoms with Gasteiger partial charge < -0.3 is 5.11 Å². The Morgan fingerprint density at radius 1 is 0.703 bits per heavy atom. The van der Waals surface area contributed by atoms with Crippen LogP contribution < -0.4 is 0 Å². The molecule has 37 heavy (non-hydrogen) atoms. The highest BCUT2D eigenvalue weighted by atomic mass is 16.3. The van der Waals surface area contributed by atoms with Crippen LogP contribution in [0.4, 0.5) is 0 Å². The summed E-state index contributed by atoms with van der Waals surface area (Å²) in [7, 11) is 0. The molecule has 0 radical (unpaired) electrons. The van der Waals surface area contributed by atoms with E-state index in [2.05, 4.69) is 83.2 Å². The van der Waals surface area contributed by atoms with E-state index in [-0.39, 0.29) is 23.0 Å². The van der Waals surface area contributed by atoms with Gasteiger partial charge in [-0.2, -0.15) is 0 Å². The lowest BCUT2D eigenvalue weighted by atomic mass is 9.62. The highest BCUT2D eigenvalue weighted by Crippen LogP contribution is 2.46. The third-order valence-electron chi connectivity index (χ3n) is 6.91. The van der Waals surface area contributed by atoms with Crippen molar-refractivity contribution in [3.63, 3.8) is 0 Å². The van der Waals surface area contributed by atoms with Gasteiger partial charge in [-0.15, -0.1) is 0 Å². The van der Waals surface area contributed by atoms with Crippen LogP contribution in [0.2, 0.25) is 0 Å². The lowest BCUT2D eigenvalue weighted by Crippen LogP contribution is -2.45. The summed E-state index contributed by atoms with van der Waals surface area (Å²) in [4.78, 5) is 11.7. The van der Waals surface area contributed by atoms with Crippen molar-refractivity contribution >= 4 is 5.78 Å². The molecular weight excluding hydrogens is 452 g/mol. The third-order valence-corrected chi connectivity index (χ3v) is 6.91. The van der Waals surface area contributed by atoms with Crippen LogP contribution in [0.1, 0.15) is 81.6 Å². The molecule has 0 spiro atoms. The Hall–Kier alpha value is -2.71. The molecular formula is C35H50O2. The first-order valence-electron chi connectivity index (χ1n) is 13.6. The van der Waals surface area contributed by atoms with Gasteiger partial charge in [0.1, 0.15) is 0 Å². The van der Waals surface area contributed by atoms with E-state index in [1.807, 2.05) is 58.1 Å². The number of rotatable bonds is 11. The van der Waals surface area contributed by atoms with E-state index in [1.165, 1.54) is 11.1 Å². The van der Waals surface area contributed by atoms with Crippen LogP contribution in [0.5, 0.6) is 0 Å². The maximum absolute atomic E-state index is 11.7. The van der Waals surface area contributed by atoms with Crippen molar-refractivity contribution in [1.82, 2.24) is 0 Å². The van der Waals surface area contributed by atoms with E-state index in [4.69, 9.17) is 0 Å². The molecule has 0 heterocycles. The molecule has 1 aliphatic carbocycles. The Balaban J connectivity index is 2.64. The quantitative estimate of drug-likeness (QED) is 0.226. The number of hydrogen-bond donors (Lipinski definition) is 1. The smallest absolute Gasteiger partial charge is 0.158 e. The maximum atomic E-state index is 11.7. The maximum Gasteiger partial charge on any atom is 0.158 e. The van der Waals surface area contributed by atoms with Crippen LogP contribution in [-0.4, -0.2) is 16.5 Å². The molecule has 0 amide bonds. The fourth-order valence-electron chi connectivity index (χ4n) is 4.52. The van der Waals surface area contributed by atoms with E-state index in [0.717, 1.165) is 30.4 Å². The van der Waals surface area contributed by atoms with Gasteiger partial charge in [-0.1, -0.05) is 135 Å². The average Bonchev–Trinajstić information content (AvgIpc) is 2.79. The average molecular weight is 503 g/mol. The fourth-order valence-corrected chi connectivity index (χ4v) is 4.52. The fraction of sp³-hybridized carbons (Fsp3) is 0.457. The number of carbonyl (C=O) groups excluding carboxylic acids is 1. The van der Waals surface area contributed by atoms with Crippen LogP contribution >= 0.6 is 0 Å². The minimum absolute atomic E-state index is 0.0333. The Labute approximate surface area is 227 Å². The molecule has 1 aliphatic rings. The molecule has 2 heteroatoms. The van der Waals surface area contributed by atoms with Gasteiger partial charge in [-0.25, -0.2) is 0 Å². The van der Waals surface area contributed by atoms with Crippen molar-refractivity contribution in [2.24, 2.45) is 17.3 Å². The van der Waals surface area contributed by atoms with Gasteiger partial charge in [0, 0.05) is 11.8 Å². The minimum atomic E-state index is -0.635. The molecule has 0 aromatic heterocycles. The summed E-state index contributed by atoms with van der Waals surface area (Å²) in [5.74, 6) is 0.343. The summed E-state index contributed by atoms with van der Waals surface area (Å²) in [5.41, 5.74) is 4.02. The summed E-state index contributed by atoms with van der Waals surface area (Å²) in [6, 6.07) is 0. The van der Waals surface area contributed by atoms with Crippen LogP contribution in [-0.2, 0) is 4.79 Å². The van der Waals surface area contributed by atoms with Crippen molar-refractivity contribution in [3.05, 3.63) is 107 Å². The Kier molecular flexibility index (Phi) is 13.6. The highest BCUT2D eigenvalue weighted by molar-refractivity contribution is 5.91.